The first-order chi connectivity index (χ1) is 16.6. The van der Waals surface area contributed by atoms with E-state index in [4.69, 9.17) is 14.2 Å². The number of rotatable bonds is 9. The number of carbonyl (C=O) groups is 1. The third-order valence-electron chi connectivity index (χ3n) is 4.85. The number of aromatic nitrogens is 1. The Morgan fingerprint density at radius 3 is 2.65 bits per heavy atom. The lowest BCUT2D eigenvalue weighted by Crippen LogP contribution is -2.24. The van der Waals surface area contributed by atoms with Gasteiger partial charge in [0.15, 0.2) is 18.1 Å². The van der Waals surface area contributed by atoms with Crippen LogP contribution in [-0.2, 0) is 11.4 Å². The summed E-state index contributed by atoms with van der Waals surface area (Å²) in [6, 6.07) is 22.9. The number of amides is 1. The summed E-state index contributed by atoms with van der Waals surface area (Å²) in [5, 5.41) is 4.95. The van der Waals surface area contributed by atoms with Gasteiger partial charge in [-0.3, -0.25) is 9.78 Å². The number of halogens is 1. The Morgan fingerprint density at radius 1 is 1.00 bits per heavy atom. The maximum absolute atomic E-state index is 12.1. The smallest absolute Gasteiger partial charge is 0.277 e. The molecule has 0 fully saturated rings. The molecule has 0 bridgehead atoms. The molecular formula is C26H22IN3O4. The van der Waals surface area contributed by atoms with E-state index in [1.54, 1.807) is 25.4 Å². The van der Waals surface area contributed by atoms with Crippen LogP contribution in [0.2, 0.25) is 0 Å². The number of hydrazone groups is 1. The molecule has 3 aromatic carbocycles. The Hall–Kier alpha value is -3.66. The maximum atomic E-state index is 12.1. The average molecular weight is 567 g/mol. The first kappa shape index (κ1) is 23.5. The van der Waals surface area contributed by atoms with Crippen LogP contribution in [0.25, 0.3) is 10.9 Å². The van der Waals surface area contributed by atoms with Crippen LogP contribution in [-0.4, -0.2) is 30.8 Å². The summed E-state index contributed by atoms with van der Waals surface area (Å²) in [5.41, 5.74) is 4.99. The second kappa shape index (κ2) is 11.5. The van der Waals surface area contributed by atoms with Gasteiger partial charge in [-0.1, -0.05) is 30.3 Å². The second-order valence-corrected chi connectivity index (χ2v) is 8.48. The molecule has 0 atom stereocenters. The molecule has 1 amide bonds. The summed E-state index contributed by atoms with van der Waals surface area (Å²) < 4.78 is 18.1. The van der Waals surface area contributed by atoms with Gasteiger partial charge in [0.05, 0.1) is 13.3 Å². The monoisotopic (exact) mass is 567 g/mol. The number of methoxy groups -OCH3 is 1. The number of carbonyl (C=O) groups excluding carboxylic acids is 1. The number of benzene rings is 3. The van der Waals surface area contributed by atoms with E-state index in [9.17, 15) is 4.79 Å². The molecule has 34 heavy (non-hydrogen) atoms. The zero-order chi connectivity index (χ0) is 23.8. The van der Waals surface area contributed by atoms with Crippen molar-refractivity contribution in [2.24, 2.45) is 5.10 Å². The van der Waals surface area contributed by atoms with Crippen molar-refractivity contribution in [2.75, 3.05) is 13.7 Å². The standard InChI is InChI=1S/C26H22IN3O4/c1-32-24-14-19(9-12-22(24)33-16-18-7-10-21(27)11-8-18)15-29-30-25(31)17-34-23-6-2-4-20-5-3-13-28-26(20)23/h2-15H,16-17H2,1H3,(H,30,31)/b29-15+. The Labute approximate surface area is 210 Å². The molecule has 0 aliphatic carbocycles. The lowest BCUT2D eigenvalue weighted by atomic mass is 10.2. The summed E-state index contributed by atoms with van der Waals surface area (Å²) >= 11 is 2.27. The SMILES string of the molecule is COc1cc(/C=N/NC(=O)COc2cccc3cccnc23)ccc1OCc1ccc(I)cc1. The number of nitrogens with one attached hydrogen (secondary N) is 1. The summed E-state index contributed by atoms with van der Waals surface area (Å²) in [6.07, 6.45) is 3.22. The van der Waals surface area contributed by atoms with Crippen molar-refractivity contribution in [1.29, 1.82) is 0 Å². The molecule has 1 N–H and O–H groups in total. The lowest BCUT2D eigenvalue weighted by molar-refractivity contribution is -0.123. The second-order valence-electron chi connectivity index (χ2n) is 7.24. The third kappa shape index (κ3) is 6.22. The van der Waals surface area contributed by atoms with Crippen molar-refractivity contribution in [3.8, 4) is 17.2 Å². The fourth-order valence-corrected chi connectivity index (χ4v) is 3.53. The molecule has 1 aromatic heterocycles. The van der Waals surface area contributed by atoms with Gasteiger partial charge >= 0.3 is 0 Å². The molecule has 0 aliphatic rings. The predicted molar refractivity (Wildman–Crippen MR) is 139 cm³/mol. The van der Waals surface area contributed by atoms with Gasteiger partial charge < -0.3 is 14.2 Å². The first-order valence-corrected chi connectivity index (χ1v) is 11.5. The summed E-state index contributed by atoms with van der Waals surface area (Å²) in [5.74, 6) is 1.36. The van der Waals surface area contributed by atoms with Gasteiger partial charge in [-0.15, -0.1) is 0 Å². The molecule has 0 saturated heterocycles. The number of hydrogen-bond acceptors (Lipinski definition) is 6. The van der Waals surface area contributed by atoms with E-state index in [-0.39, 0.29) is 12.5 Å². The predicted octanol–water partition coefficient (Wildman–Crippen LogP) is 4.96. The molecule has 1 heterocycles. The summed E-state index contributed by atoms with van der Waals surface area (Å²) in [7, 11) is 1.58. The van der Waals surface area contributed by atoms with Crippen molar-refractivity contribution in [3.63, 3.8) is 0 Å². The quantitative estimate of drug-likeness (QED) is 0.176. The number of nitrogens with zero attached hydrogens (tertiary/aromatic N) is 2. The van der Waals surface area contributed by atoms with Crippen molar-refractivity contribution < 1.29 is 19.0 Å². The van der Waals surface area contributed by atoms with Gasteiger partial charge in [0.25, 0.3) is 5.91 Å². The molecule has 4 rings (SSSR count). The zero-order valence-corrected chi connectivity index (χ0v) is 20.6. The summed E-state index contributed by atoms with van der Waals surface area (Å²) in [6.45, 7) is 0.255. The van der Waals surface area contributed by atoms with Gasteiger partial charge in [0, 0.05) is 15.2 Å². The molecule has 7 nitrogen and oxygen atoms in total. The zero-order valence-electron chi connectivity index (χ0n) is 18.4. The first-order valence-electron chi connectivity index (χ1n) is 10.5. The van der Waals surface area contributed by atoms with Gasteiger partial charge in [-0.05, 0) is 76.2 Å². The van der Waals surface area contributed by atoms with Crippen molar-refractivity contribution in [3.05, 3.63) is 93.7 Å². The van der Waals surface area contributed by atoms with E-state index in [1.807, 2.05) is 60.7 Å². The van der Waals surface area contributed by atoms with E-state index in [0.717, 1.165) is 16.5 Å². The van der Waals surface area contributed by atoms with Crippen molar-refractivity contribution in [1.82, 2.24) is 10.4 Å². The van der Waals surface area contributed by atoms with Crippen molar-refractivity contribution >= 4 is 45.6 Å². The molecule has 0 saturated carbocycles. The molecule has 0 unspecified atom stereocenters. The fraction of sp³-hybridized carbons (Fsp3) is 0.115. The van der Waals surface area contributed by atoms with E-state index in [2.05, 4.69) is 38.1 Å². The molecule has 0 aliphatic heterocycles. The summed E-state index contributed by atoms with van der Waals surface area (Å²) in [4.78, 5) is 16.5. The van der Waals surface area contributed by atoms with Crippen LogP contribution >= 0.6 is 22.6 Å². The molecule has 0 radical (unpaired) electrons. The number of pyridine rings is 1. The topological polar surface area (TPSA) is 82.0 Å². The molecule has 0 spiro atoms. The van der Waals surface area contributed by atoms with Crippen LogP contribution < -0.4 is 19.6 Å². The minimum atomic E-state index is -0.381. The highest BCUT2D eigenvalue weighted by atomic mass is 127. The normalized spacial score (nSPS) is 10.9. The number of para-hydroxylation sites is 1. The highest BCUT2D eigenvalue weighted by Crippen LogP contribution is 2.28. The van der Waals surface area contributed by atoms with Crippen LogP contribution in [0.3, 0.4) is 0 Å². The fourth-order valence-electron chi connectivity index (χ4n) is 3.17. The van der Waals surface area contributed by atoms with E-state index >= 15 is 0 Å². The van der Waals surface area contributed by atoms with Crippen LogP contribution in [0, 0.1) is 3.57 Å². The molecule has 4 aromatic rings. The lowest BCUT2D eigenvalue weighted by Gasteiger charge is -2.11. The minimum Gasteiger partial charge on any atom is -0.493 e. The Balaban J connectivity index is 1.31. The molecule has 172 valence electrons. The van der Waals surface area contributed by atoms with Gasteiger partial charge in [-0.25, -0.2) is 5.43 Å². The van der Waals surface area contributed by atoms with Crippen LogP contribution in [0.15, 0.2) is 84.1 Å². The molecular weight excluding hydrogens is 545 g/mol. The van der Waals surface area contributed by atoms with Crippen molar-refractivity contribution in [2.45, 2.75) is 6.61 Å². The Morgan fingerprint density at radius 2 is 1.82 bits per heavy atom. The van der Waals surface area contributed by atoms with E-state index in [0.29, 0.717) is 29.4 Å². The third-order valence-corrected chi connectivity index (χ3v) is 5.57. The van der Waals surface area contributed by atoms with Crippen LogP contribution in [0.5, 0.6) is 17.2 Å². The number of hydrogen-bond donors (Lipinski definition) is 1. The Kier molecular flexibility index (Phi) is 7.92. The van der Waals surface area contributed by atoms with Crippen LogP contribution in [0.4, 0.5) is 0 Å². The van der Waals surface area contributed by atoms with Gasteiger partial charge in [-0.2, -0.15) is 5.10 Å². The molecule has 8 heteroatoms. The van der Waals surface area contributed by atoms with E-state index in [1.165, 1.54) is 9.78 Å². The van der Waals surface area contributed by atoms with E-state index < -0.39 is 0 Å². The largest absolute Gasteiger partial charge is 0.493 e. The Bertz CT molecular complexity index is 1300. The van der Waals surface area contributed by atoms with Crippen LogP contribution in [0.1, 0.15) is 11.1 Å². The number of ether oxygens (including phenoxy) is 3. The highest BCUT2D eigenvalue weighted by Gasteiger charge is 2.08. The minimum absolute atomic E-state index is 0.179. The van der Waals surface area contributed by atoms with Gasteiger partial charge in [0.1, 0.15) is 17.9 Å². The van der Waals surface area contributed by atoms with Gasteiger partial charge in [0.2, 0.25) is 0 Å². The maximum Gasteiger partial charge on any atom is 0.277 e. The highest BCUT2D eigenvalue weighted by molar-refractivity contribution is 14.1. The number of fused-ring (bicyclic) bond motifs is 1. The average Bonchev–Trinajstić information content (AvgIpc) is 2.87.